The number of esters is 1. The lowest BCUT2D eigenvalue weighted by Crippen LogP contribution is -2.08. The van der Waals surface area contributed by atoms with Crippen LogP contribution in [0.1, 0.15) is 28.8 Å². The Labute approximate surface area is 139 Å². The van der Waals surface area contributed by atoms with Gasteiger partial charge in [-0.1, -0.05) is 42.1 Å². The van der Waals surface area contributed by atoms with Crippen molar-refractivity contribution in [2.24, 2.45) is 0 Å². The second-order valence-electron chi connectivity index (χ2n) is 5.35. The maximum Gasteiger partial charge on any atom is 0.316 e. The van der Waals surface area contributed by atoms with Crippen LogP contribution in [-0.4, -0.2) is 16.7 Å². The molecule has 1 aromatic carbocycles. The molecular weight excluding hydrogens is 308 g/mol. The third-order valence-electron chi connectivity index (χ3n) is 3.71. The molecule has 0 saturated carbocycles. The number of nitriles is 1. The van der Waals surface area contributed by atoms with Gasteiger partial charge < -0.3 is 4.74 Å². The Morgan fingerprint density at radius 1 is 1.30 bits per heavy atom. The van der Waals surface area contributed by atoms with E-state index < -0.39 is 0 Å². The number of pyridine rings is 1. The molecule has 1 heterocycles. The first-order valence-corrected chi connectivity index (χ1v) is 8.50. The molecule has 0 aliphatic heterocycles. The van der Waals surface area contributed by atoms with Crippen LogP contribution < -0.4 is 0 Å². The van der Waals surface area contributed by atoms with Crippen molar-refractivity contribution < 1.29 is 9.53 Å². The zero-order valence-corrected chi connectivity index (χ0v) is 13.4. The number of thioether (sulfide) groups is 1. The van der Waals surface area contributed by atoms with Crippen LogP contribution in [0.4, 0.5) is 0 Å². The number of benzene rings is 1. The summed E-state index contributed by atoms with van der Waals surface area (Å²) >= 11 is 1.27. The van der Waals surface area contributed by atoms with E-state index in [4.69, 9.17) is 4.74 Å². The van der Waals surface area contributed by atoms with Gasteiger partial charge in [-0.2, -0.15) is 5.26 Å². The molecule has 3 rings (SSSR count). The SMILES string of the molecule is N#Cc1cc2c(nc1SCC(=O)OCc1ccccc1)CCC2. The summed E-state index contributed by atoms with van der Waals surface area (Å²) in [6.07, 6.45) is 3.02. The number of fused-ring (bicyclic) bond motifs is 1. The van der Waals surface area contributed by atoms with Crippen LogP contribution in [0.15, 0.2) is 41.4 Å². The maximum atomic E-state index is 11.9. The predicted molar refractivity (Wildman–Crippen MR) is 87.9 cm³/mol. The fourth-order valence-electron chi connectivity index (χ4n) is 2.55. The molecule has 23 heavy (non-hydrogen) atoms. The molecule has 0 saturated heterocycles. The number of aryl methyl sites for hydroxylation is 2. The normalized spacial score (nSPS) is 12.5. The molecule has 0 N–H and O–H groups in total. The van der Waals surface area contributed by atoms with E-state index in [1.54, 1.807) is 0 Å². The first-order chi connectivity index (χ1) is 11.3. The van der Waals surface area contributed by atoms with Crippen molar-refractivity contribution in [3.05, 3.63) is 58.8 Å². The maximum absolute atomic E-state index is 11.9. The highest BCUT2D eigenvalue weighted by molar-refractivity contribution is 7.99. The summed E-state index contributed by atoms with van der Waals surface area (Å²) < 4.78 is 5.25. The van der Waals surface area contributed by atoms with Crippen molar-refractivity contribution in [1.82, 2.24) is 4.98 Å². The number of carbonyl (C=O) groups is 1. The molecule has 0 unspecified atom stereocenters. The van der Waals surface area contributed by atoms with E-state index in [-0.39, 0.29) is 18.3 Å². The molecule has 0 radical (unpaired) electrons. The standard InChI is InChI=1S/C18H16N2O2S/c19-10-15-9-14-7-4-8-16(14)20-18(15)23-12-17(21)22-11-13-5-2-1-3-6-13/h1-3,5-6,9H,4,7-8,11-12H2. The zero-order chi connectivity index (χ0) is 16.1. The Hall–Kier alpha value is -2.32. The lowest BCUT2D eigenvalue weighted by molar-refractivity contribution is -0.141. The molecule has 4 nitrogen and oxygen atoms in total. The molecule has 0 fully saturated rings. The average Bonchev–Trinajstić information content (AvgIpc) is 3.05. The Balaban J connectivity index is 1.58. The molecule has 1 aliphatic carbocycles. The molecule has 116 valence electrons. The Morgan fingerprint density at radius 2 is 2.13 bits per heavy atom. The second kappa shape index (κ2) is 7.30. The predicted octanol–water partition coefficient (Wildman–Crippen LogP) is 3.28. The van der Waals surface area contributed by atoms with Crippen LogP contribution in [0.3, 0.4) is 0 Å². The molecule has 1 aromatic heterocycles. The van der Waals surface area contributed by atoms with Crippen molar-refractivity contribution in [2.75, 3.05) is 5.75 Å². The van der Waals surface area contributed by atoms with E-state index in [0.717, 1.165) is 36.1 Å². The quantitative estimate of drug-likeness (QED) is 0.624. The van der Waals surface area contributed by atoms with Gasteiger partial charge in [0.15, 0.2) is 0 Å². The zero-order valence-electron chi connectivity index (χ0n) is 12.6. The number of ether oxygens (including phenoxy) is 1. The minimum Gasteiger partial charge on any atom is -0.460 e. The minimum atomic E-state index is -0.301. The molecule has 0 atom stereocenters. The van der Waals surface area contributed by atoms with Gasteiger partial charge >= 0.3 is 5.97 Å². The molecule has 0 bridgehead atoms. The molecule has 2 aromatic rings. The van der Waals surface area contributed by atoms with E-state index in [1.165, 1.54) is 11.8 Å². The lowest BCUT2D eigenvalue weighted by Gasteiger charge is -2.07. The molecule has 1 aliphatic rings. The van der Waals surface area contributed by atoms with Gasteiger partial charge in [0.25, 0.3) is 0 Å². The van der Waals surface area contributed by atoms with Gasteiger partial charge in [0.1, 0.15) is 17.7 Å². The first-order valence-electron chi connectivity index (χ1n) is 7.51. The number of hydrogen-bond donors (Lipinski definition) is 0. The van der Waals surface area contributed by atoms with Crippen molar-refractivity contribution in [3.63, 3.8) is 0 Å². The summed E-state index contributed by atoms with van der Waals surface area (Å²) in [7, 11) is 0. The van der Waals surface area contributed by atoms with Crippen LogP contribution >= 0.6 is 11.8 Å². The van der Waals surface area contributed by atoms with Gasteiger partial charge in [0.05, 0.1) is 11.3 Å². The van der Waals surface area contributed by atoms with Crippen molar-refractivity contribution in [3.8, 4) is 6.07 Å². The van der Waals surface area contributed by atoms with Crippen LogP contribution in [0, 0.1) is 11.3 Å². The van der Waals surface area contributed by atoms with Crippen molar-refractivity contribution >= 4 is 17.7 Å². The van der Waals surface area contributed by atoms with Crippen LogP contribution in [0.2, 0.25) is 0 Å². The average molecular weight is 324 g/mol. The summed E-state index contributed by atoms with van der Waals surface area (Å²) in [6.45, 7) is 0.267. The number of rotatable bonds is 5. The Bertz CT molecular complexity index is 754. The number of aromatic nitrogens is 1. The third kappa shape index (κ3) is 3.91. The summed E-state index contributed by atoms with van der Waals surface area (Å²) in [5.74, 6) is -0.141. The van der Waals surface area contributed by atoms with Gasteiger partial charge in [-0.05, 0) is 36.5 Å². The van der Waals surface area contributed by atoms with Crippen LogP contribution in [0.5, 0.6) is 0 Å². The molecule has 5 heteroatoms. The van der Waals surface area contributed by atoms with E-state index in [9.17, 15) is 10.1 Å². The lowest BCUT2D eigenvalue weighted by atomic mass is 10.2. The summed E-state index contributed by atoms with van der Waals surface area (Å²) in [5, 5.41) is 9.88. The summed E-state index contributed by atoms with van der Waals surface area (Å²) in [6, 6.07) is 13.6. The third-order valence-corrected chi connectivity index (χ3v) is 4.67. The first kappa shape index (κ1) is 15.6. The summed E-state index contributed by atoms with van der Waals surface area (Å²) in [4.78, 5) is 16.4. The highest BCUT2D eigenvalue weighted by Gasteiger charge is 2.17. The van der Waals surface area contributed by atoms with Crippen molar-refractivity contribution in [1.29, 1.82) is 5.26 Å². The molecule has 0 spiro atoms. The van der Waals surface area contributed by atoms with E-state index in [2.05, 4.69) is 11.1 Å². The highest BCUT2D eigenvalue weighted by atomic mass is 32.2. The van der Waals surface area contributed by atoms with Gasteiger partial charge in [-0.15, -0.1) is 0 Å². The Morgan fingerprint density at radius 3 is 2.91 bits per heavy atom. The molecule has 0 amide bonds. The smallest absolute Gasteiger partial charge is 0.316 e. The van der Waals surface area contributed by atoms with Gasteiger partial charge in [0.2, 0.25) is 0 Å². The van der Waals surface area contributed by atoms with E-state index >= 15 is 0 Å². The largest absolute Gasteiger partial charge is 0.460 e. The minimum absolute atomic E-state index is 0.160. The van der Waals surface area contributed by atoms with Gasteiger partial charge in [0, 0.05) is 5.69 Å². The fraction of sp³-hybridized carbons (Fsp3) is 0.278. The molecular formula is C18H16N2O2S. The number of carbonyl (C=O) groups excluding carboxylic acids is 1. The number of hydrogen-bond acceptors (Lipinski definition) is 5. The number of nitrogens with zero attached hydrogens (tertiary/aromatic N) is 2. The topological polar surface area (TPSA) is 63.0 Å². The fourth-order valence-corrected chi connectivity index (χ4v) is 3.32. The van der Waals surface area contributed by atoms with E-state index in [0.29, 0.717) is 10.6 Å². The highest BCUT2D eigenvalue weighted by Crippen LogP contribution is 2.27. The van der Waals surface area contributed by atoms with Gasteiger partial charge in [-0.25, -0.2) is 4.98 Å². The summed E-state index contributed by atoms with van der Waals surface area (Å²) in [5.41, 5.74) is 3.73. The van der Waals surface area contributed by atoms with E-state index in [1.807, 2.05) is 36.4 Å². The van der Waals surface area contributed by atoms with Gasteiger partial charge in [-0.3, -0.25) is 4.79 Å². The van der Waals surface area contributed by atoms with Crippen molar-refractivity contribution in [2.45, 2.75) is 30.9 Å². The van der Waals surface area contributed by atoms with Crippen LogP contribution in [-0.2, 0) is 29.0 Å². The monoisotopic (exact) mass is 324 g/mol. The Kier molecular flexibility index (Phi) is 4.94. The van der Waals surface area contributed by atoms with Crippen LogP contribution in [0.25, 0.3) is 0 Å². The second-order valence-corrected chi connectivity index (χ2v) is 6.31.